The Balaban J connectivity index is 2.05. The third kappa shape index (κ3) is 3.35. The summed E-state index contributed by atoms with van der Waals surface area (Å²) >= 11 is 0. The summed E-state index contributed by atoms with van der Waals surface area (Å²) in [7, 11) is 0. The second kappa shape index (κ2) is 6.16. The molecule has 0 fully saturated rings. The van der Waals surface area contributed by atoms with Gasteiger partial charge >= 0.3 is 12.0 Å². The Morgan fingerprint density at radius 3 is 2.67 bits per heavy atom. The van der Waals surface area contributed by atoms with Crippen LogP contribution >= 0.6 is 0 Å². The van der Waals surface area contributed by atoms with Crippen LogP contribution < -0.4 is 10.2 Å². The monoisotopic (exact) mass is 290 g/mol. The molecule has 0 aromatic heterocycles. The molecule has 1 aromatic rings. The van der Waals surface area contributed by atoms with Crippen LogP contribution in [0, 0.1) is 11.8 Å². The van der Waals surface area contributed by atoms with Crippen LogP contribution in [-0.2, 0) is 6.42 Å². The molecule has 1 aromatic carbocycles. The molecule has 2 N–H and O–H groups in total. The molecule has 2 rings (SSSR count). The standard InChI is InChI=1S/C16H22N2O3/c1-10(2)11(3)9-17-16(21)18-7-6-12-8-13(15(19)20)4-5-14(12)18/h4-5,8,10-11H,6-7,9H2,1-3H3,(H,17,21)(H,19,20). The van der Waals surface area contributed by atoms with Gasteiger partial charge in [0.25, 0.3) is 0 Å². The molecule has 1 unspecified atom stereocenters. The molecule has 1 atom stereocenters. The Morgan fingerprint density at radius 2 is 2.05 bits per heavy atom. The van der Waals surface area contributed by atoms with Gasteiger partial charge in [0.05, 0.1) is 5.56 Å². The minimum absolute atomic E-state index is 0.107. The summed E-state index contributed by atoms with van der Waals surface area (Å²) in [5, 5.41) is 12.0. The molecule has 21 heavy (non-hydrogen) atoms. The third-order valence-corrected chi connectivity index (χ3v) is 4.18. The van der Waals surface area contributed by atoms with E-state index in [4.69, 9.17) is 5.11 Å². The van der Waals surface area contributed by atoms with Crippen LogP contribution in [0.15, 0.2) is 18.2 Å². The van der Waals surface area contributed by atoms with Gasteiger partial charge in [0.1, 0.15) is 0 Å². The van der Waals surface area contributed by atoms with Crippen molar-refractivity contribution in [1.82, 2.24) is 5.32 Å². The summed E-state index contributed by atoms with van der Waals surface area (Å²) in [4.78, 5) is 24.9. The molecule has 114 valence electrons. The number of hydrogen-bond donors (Lipinski definition) is 2. The molecule has 2 amide bonds. The van der Waals surface area contributed by atoms with Crippen molar-refractivity contribution in [1.29, 1.82) is 0 Å². The van der Waals surface area contributed by atoms with E-state index in [1.807, 2.05) is 0 Å². The lowest BCUT2D eigenvalue weighted by molar-refractivity contribution is 0.0697. The number of nitrogens with zero attached hydrogens (tertiary/aromatic N) is 1. The summed E-state index contributed by atoms with van der Waals surface area (Å²) in [6, 6.07) is 4.81. The van der Waals surface area contributed by atoms with Crippen molar-refractivity contribution in [3.05, 3.63) is 29.3 Å². The van der Waals surface area contributed by atoms with Gasteiger partial charge in [-0.15, -0.1) is 0 Å². The van der Waals surface area contributed by atoms with Crippen LogP contribution in [0.4, 0.5) is 10.5 Å². The number of fused-ring (bicyclic) bond motifs is 1. The maximum Gasteiger partial charge on any atom is 0.335 e. The van der Waals surface area contributed by atoms with Gasteiger partial charge in [-0.3, -0.25) is 4.90 Å². The highest BCUT2D eigenvalue weighted by Gasteiger charge is 2.25. The lowest BCUT2D eigenvalue weighted by Gasteiger charge is -2.21. The van der Waals surface area contributed by atoms with E-state index < -0.39 is 5.97 Å². The van der Waals surface area contributed by atoms with E-state index >= 15 is 0 Å². The zero-order chi connectivity index (χ0) is 15.6. The molecular formula is C16H22N2O3. The number of nitrogens with one attached hydrogen (secondary N) is 1. The van der Waals surface area contributed by atoms with Gasteiger partial charge in [-0.05, 0) is 42.0 Å². The molecule has 1 heterocycles. The lowest BCUT2D eigenvalue weighted by atomic mass is 9.98. The predicted molar refractivity (Wildman–Crippen MR) is 81.9 cm³/mol. The van der Waals surface area contributed by atoms with E-state index in [-0.39, 0.29) is 11.6 Å². The number of urea groups is 1. The van der Waals surface area contributed by atoms with Gasteiger partial charge in [-0.2, -0.15) is 0 Å². The summed E-state index contributed by atoms with van der Waals surface area (Å²) in [5.41, 5.74) is 2.00. The molecule has 1 aliphatic rings. The van der Waals surface area contributed by atoms with Crippen molar-refractivity contribution in [3.8, 4) is 0 Å². The summed E-state index contributed by atoms with van der Waals surface area (Å²) in [6.45, 7) is 7.63. The summed E-state index contributed by atoms with van der Waals surface area (Å²) < 4.78 is 0. The topological polar surface area (TPSA) is 69.6 Å². The number of hydrogen-bond acceptors (Lipinski definition) is 2. The number of anilines is 1. The third-order valence-electron chi connectivity index (χ3n) is 4.18. The van der Waals surface area contributed by atoms with E-state index in [1.165, 1.54) is 0 Å². The highest BCUT2D eigenvalue weighted by molar-refractivity contribution is 5.96. The van der Waals surface area contributed by atoms with Crippen LogP contribution in [0.25, 0.3) is 0 Å². The number of amides is 2. The Morgan fingerprint density at radius 1 is 1.33 bits per heavy atom. The highest BCUT2D eigenvalue weighted by Crippen LogP contribution is 2.29. The lowest BCUT2D eigenvalue weighted by Crippen LogP contribution is -2.41. The first-order valence-electron chi connectivity index (χ1n) is 7.31. The van der Waals surface area contributed by atoms with Crippen molar-refractivity contribution in [2.75, 3.05) is 18.0 Å². The van der Waals surface area contributed by atoms with Gasteiger partial charge in [-0.25, -0.2) is 9.59 Å². The SMILES string of the molecule is CC(C)C(C)CNC(=O)N1CCc2cc(C(=O)O)ccc21. The molecule has 0 radical (unpaired) electrons. The minimum Gasteiger partial charge on any atom is -0.478 e. The Kier molecular flexibility index (Phi) is 4.50. The zero-order valence-electron chi connectivity index (χ0n) is 12.7. The largest absolute Gasteiger partial charge is 0.478 e. The first-order chi connectivity index (χ1) is 9.90. The van der Waals surface area contributed by atoms with Gasteiger partial charge in [0, 0.05) is 18.8 Å². The number of benzene rings is 1. The normalized spacial score (nSPS) is 15.0. The second-order valence-electron chi connectivity index (χ2n) is 5.96. The molecule has 5 heteroatoms. The smallest absolute Gasteiger partial charge is 0.335 e. The van der Waals surface area contributed by atoms with E-state index in [1.54, 1.807) is 23.1 Å². The highest BCUT2D eigenvalue weighted by atomic mass is 16.4. The molecule has 0 spiro atoms. The molecule has 0 saturated heterocycles. The second-order valence-corrected chi connectivity index (χ2v) is 5.96. The fourth-order valence-corrected chi connectivity index (χ4v) is 2.33. The molecule has 1 aliphatic heterocycles. The number of carboxylic acids is 1. The number of carbonyl (C=O) groups is 2. The van der Waals surface area contributed by atoms with Gasteiger partial charge in [-0.1, -0.05) is 20.8 Å². The predicted octanol–water partition coefficient (Wildman–Crippen LogP) is 2.75. The number of aromatic carboxylic acids is 1. The van der Waals surface area contributed by atoms with Crippen molar-refractivity contribution in [3.63, 3.8) is 0 Å². The maximum absolute atomic E-state index is 12.3. The van der Waals surface area contributed by atoms with Crippen LogP contribution in [0.3, 0.4) is 0 Å². The fraction of sp³-hybridized carbons (Fsp3) is 0.500. The number of carbonyl (C=O) groups excluding carboxylic acids is 1. The fourth-order valence-electron chi connectivity index (χ4n) is 2.33. The average molecular weight is 290 g/mol. The van der Waals surface area contributed by atoms with Crippen LogP contribution in [0.1, 0.15) is 36.7 Å². The van der Waals surface area contributed by atoms with E-state index in [0.717, 1.165) is 11.3 Å². The van der Waals surface area contributed by atoms with E-state index in [2.05, 4.69) is 26.1 Å². The van der Waals surface area contributed by atoms with Crippen molar-refractivity contribution in [2.24, 2.45) is 11.8 Å². The van der Waals surface area contributed by atoms with Crippen LogP contribution in [0.5, 0.6) is 0 Å². The van der Waals surface area contributed by atoms with Crippen molar-refractivity contribution >= 4 is 17.7 Å². The van der Waals surface area contributed by atoms with Gasteiger partial charge < -0.3 is 10.4 Å². The summed E-state index contributed by atoms with van der Waals surface area (Å²) in [6.07, 6.45) is 0.698. The molecule has 0 saturated carbocycles. The molecule has 0 bridgehead atoms. The first kappa shape index (κ1) is 15.4. The van der Waals surface area contributed by atoms with Gasteiger partial charge in [0.2, 0.25) is 0 Å². The van der Waals surface area contributed by atoms with Crippen molar-refractivity contribution < 1.29 is 14.7 Å². The van der Waals surface area contributed by atoms with E-state index in [0.29, 0.717) is 31.3 Å². The Labute approximate surface area is 125 Å². The average Bonchev–Trinajstić information content (AvgIpc) is 2.86. The zero-order valence-corrected chi connectivity index (χ0v) is 12.7. The maximum atomic E-state index is 12.3. The van der Waals surface area contributed by atoms with E-state index in [9.17, 15) is 9.59 Å². The summed E-state index contributed by atoms with van der Waals surface area (Å²) in [5.74, 6) is 0.00570. The minimum atomic E-state index is -0.938. The molecule has 0 aliphatic carbocycles. The van der Waals surface area contributed by atoms with Crippen LogP contribution in [0.2, 0.25) is 0 Å². The Bertz CT molecular complexity index is 554. The van der Waals surface area contributed by atoms with Crippen molar-refractivity contribution in [2.45, 2.75) is 27.2 Å². The number of carboxylic acid groups (broad SMARTS) is 1. The molecule has 5 nitrogen and oxygen atoms in total. The quantitative estimate of drug-likeness (QED) is 0.895. The van der Waals surface area contributed by atoms with Crippen LogP contribution in [-0.4, -0.2) is 30.2 Å². The van der Waals surface area contributed by atoms with Gasteiger partial charge in [0.15, 0.2) is 0 Å². The first-order valence-corrected chi connectivity index (χ1v) is 7.31. The molecular weight excluding hydrogens is 268 g/mol. The number of rotatable bonds is 4. The Hall–Kier alpha value is -2.04.